The lowest BCUT2D eigenvalue weighted by Crippen LogP contribution is -2.33. The number of hydrogen-bond acceptors (Lipinski definition) is 6. The van der Waals surface area contributed by atoms with Crippen LogP contribution < -0.4 is 11.1 Å². The van der Waals surface area contributed by atoms with E-state index in [-0.39, 0.29) is 17.3 Å². The fourth-order valence-electron chi connectivity index (χ4n) is 1.61. The molecule has 0 bridgehead atoms. The smallest absolute Gasteiger partial charge is 0.271 e. The van der Waals surface area contributed by atoms with Gasteiger partial charge in [0.2, 0.25) is 11.8 Å². The van der Waals surface area contributed by atoms with Gasteiger partial charge >= 0.3 is 0 Å². The monoisotopic (exact) mass is 294 g/mol. The minimum absolute atomic E-state index is 0.0421. The predicted molar refractivity (Wildman–Crippen MR) is 74.4 cm³/mol. The second-order valence-corrected chi connectivity index (χ2v) is 5.17. The zero-order valence-electron chi connectivity index (χ0n) is 10.1. The van der Waals surface area contributed by atoms with Crippen molar-refractivity contribution in [3.63, 3.8) is 0 Å². The number of carbonyl (C=O) groups is 2. The summed E-state index contributed by atoms with van der Waals surface area (Å²) in [6, 6.07) is 5.55. The van der Waals surface area contributed by atoms with Crippen molar-refractivity contribution in [1.29, 1.82) is 0 Å². The fraction of sp³-hybridized carbons (Fsp3) is 0.182. The van der Waals surface area contributed by atoms with Gasteiger partial charge in [-0.1, -0.05) is 17.8 Å². The molecule has 2 rings (SSSR count). The maximum absolute atomic E-state index is 12.0. The van der Waals surface area contributed by atoms with E-state index in [1.54, 1.807) is 0 Å². The predicted octanol–water partition coefficient (Wildman–Crippen LogP) is 0.880. The lowest BCUT2D eigenvalue weighted by Gasteiger charge is -2.17. The maximum Gasteiger partial charge on any atom is 0.271 e. The van der Waals surface area contributed by atoms with Gasteiger partial charge < -0.3 is 11.1 Å². The fourth-order valence-corrected chi connectivity index (χ4v) is 2.45. The largest absolute Gasteiger partial charge is 0.378 e. The maximum atomic E-state index is 12.0. The summed E-state index contributed by atoms with van der Waals surface area (Å²) < 4.78 is 0. The standard InChI is InChI=1S/C11H10N4O4S/c12-11-14-9(16)5-8(20-11)10(17)13-6-2-1-3-7(4-6)15(18)19/h1-4,8H,5H2,(H,13,17)(H2,12,14,16)/t8-/m1/s1. The molecule has 0 fully saturated rings. The molecular formula is C11H10N4O4S. The summed E-state index contributed by atoms with van der Waals surface area (Å²) in [6.45, 7) is 0. The molecule has 1 aliphatic rings. The van der Waals surface area contributed by atoms with Crippen LogP contribution in [-0.4, -0.2) is 27.2 Å². The van der Waals surface area contributed by atoms with Crippen LogP contribution >= 0.6 is 11.8 Å². The zero-order chi connectivity index (χ0) is 14.7. The van der Waals surface area contributed by atoms with E-state index in [1.807, 2.05) is 0 Å². The molecule has 0 saturated heterocycles. The van der Waals surface area contributed by atoms with Gasteiger partial charge in [-0.15, -0.1) is 0 Å². The second kappa shape index (κ2) is 5.70. The third kappa shape index (κ3) is 3.32. The van der Waals surface area contributed by atoms with Crippen LogP contribution in [0.2, 0.25) is 0 Å². The van der Waals surface area contributed by atoms with Gasteiger partial charge in [0.25, 0.3) is 5.69 Å². The minimum atomic E-state index is -0.681. The van der Waals surface area contributed by atoms with Crippen LogP contribution in [0.4, 0.5) is 11.4 Å². The van der Waals surface area contributed by atoms with Crippen molar-refractivity contribution < 1.29 is 14.5 Å². The Bertz CT molecular complexity index is 616. The summed E-state index contributed by atoms with van der Waals surface area (Å²) in [4.78, 5) is 36.8. The third-order valence-electron chi connectivity index (χ3n) is 2.47. The normalized spacial score (nSPS) is 18.3. The van der Waals surface area contributed by atoms with Crippen molar-refractivity contribution in [2.24, 2.45) is 10.7 Å². The van der Waals surface area contributed by atoms with Crippen LogP contribution in [-0.2, 0) is 9.59 Å². The Morgan fingerprint density at radius 3 is 2.95 bits per heavy atom. The van der Waals surface area contributed by atoms with E-state index in [1.165, 1.54) is 24.3 Å². The molecule has 0 saturated carbocycles. The summed E-state index contributed by atoms with van der Waals surface area (Å²) in [5, 5.41) is 12.5. The Labute approximate surface area is 117 Å². The molecule has 0 aromatic heterocycles. The highest BCUT2D eigenvalue weighted by molar-refractivity contribution is 8.15. The third-order valence-corrected chi connectivity index (χ3v) is 3.47. The molecule has 1 heterocycles. The van der Waals surface area contributed by atoms with Crippen molar-refractivity contribution in [1.82, 2.24) is 0 Å². The molecule has 1 aromatic rings. The number of amidine groups is 1. The van der Waals surface area contributed by atoms with Crippen molar-refractivity contribution in [3.8, 4) is 0 Å². The first kappa shape index (κ1) is 14.0. The highest BCUT2D eigenvalue weighted by Crippen LogP contribution is 2.23. The van der Waals surface area contributed by atoms with Crippen molar-refractivity contribution in [3.05, 3.63) is 34.4 Å². The zero-order valence-corrected chi connectivity index (χ0v) is 10.9. The number of benzene rings is 1. The molecule has 20 heavy (non-hydrogen) atoms. The average Bonchev–Trinajstić information content (AvgIpc) is 2.37. The highest BCUT2D eigenvalue weighted by Gasteiger charge is 2.28. The van der Waals surface area contributed by atoms with Crippen LogP contribution in [0.25, 0.3) is 0 Å². The Morgan fingerprint density at radius 1 is 1.55 bits per heavy atom. The number of rotatable bonds is 3. The molecule has 0 spiro atoms. The molecule has 0 radical (unpaired) electrons. The van der Waals surface area contributed by atoms with Gasteiger partial charge in [-0.3, -0.25) is 19.7 Å². The molecule has 9 heteroatoms. The summed E-state index contributed by atoms with van der Waals surface area (Å²) in [5.74, 6) is -0.901. The number of amides is 2. The summed E-state index contributed by atoms with van der Waals surface area (Å²) in [7, 11) is 0. The van der Waals surface area contributed by atoms with Gasteiger partial charge in [0.15, 0.2) is 5.17 Å². The van der Waals surface area contributed by atoms with Crippen LogP contribution in [0, 0.1) is 10.1 Å². The van der Waals surface area contributed by atoms with Crippen LogP contribution in [0.1, 0.15) is 6.42 Å². The first-order chi connectivity index (χ1) is 9.45. The Morgan fingerprint density at radius 2 is 2.30 bits per heavy atom. The Balaban J connectivity index is 2.08. The van der Waals surface area contributed by atoms with E-state index in [9.17, 15) is 19.7 Å². The number of nitro groups is 1. The second-order valence-electron chi connectivity index (χ2n) is 3.95. The summed E-state index contributed by atoms with van der Waals surface area (Å²) in [5.41, 5.74) is 5.60. The highest BCUT2D eigenvalue weighted by atomic mass is 32.2. The quantitative estimate of drug-likeness (QED) is 0.629. The number of anilines is 1. The number of nitrogens with zero attached hydrogens (tertiary/aromatic N) is 2. The summed E-state index contributed by atoms with van der Waals surface area (Å²) in [6.07, 6.45) is -0.0495. The first-order valence-electron chi connectivity index (χ1n) is 5.54. The Kier molecular flexibility index (Phi) is 3.99. The van der Waals surface area contributed by atoms with Gasteiger partial charge in [0.1, 0.15) is 5.25 Å². The number of hydrogen-bond donors (Lipinski definition) is 2. The molecule has 3 N–H and O–H groups in total. The molecule has 1 atom stereocenters. The topological polar surface area (TPSA) is 128 Å². The van der Waals surface area contributed by atoms with E-state index >= 15 is 0 Å². The first-order valence-corrected chi connectivity index (χ1v) is 6.42. The van der Waals surface area contributed by atoms with Gasteiger partial charge in [0, 0.05) is 17.8 Å². The number of aliphatic imine (C=N–C) groups is 1. The van der Waals surface area contributed by atoms with E-state index in [0.29, 0.717) is 5.69 Å². The van der Waals surface area contributed by atoms with Gasteiger partial charge in [-0.25, -0.2) is 0 Å². The van der Waals surface area contributed by atoms with E-state index < -0.39 is 22.0 Å². The van der Waals surface area contributed by atoms with E-state index in [4.69, 9.17) is 5.73 Å². The van der Waals surface area contributed by atoms with Crippen LogP contribution in [0.3, 0.4) is 0 Å². The van der Waals surface area contributed by atoms with Crippen molar-refractivity contribution >= 4 is 40.1 Å². The van der Waals surface area contributed by atoms with Crippen molar-refractivity contribution in [2.75, 3.05) is 5.32 Å². The number of non-ortho nitro benzene ring substituents is 1. The molecule has 2 amide bonds. The molecule has 1 aromatic carbocycles. The number of nitrogens with two attached hydrogens (primary N) is 1. The van der Waals surface area contributed by atoms with Gasteiger partial charge in [0.05, 0.1) is 11.3 Å². The van der Waals surface area contributed by atoms with Crippen LogP contribution in [0.15, 0.2) is 29.3 Å². The average molecular weight is 294 g/mol. The number of nitrogens with one attached hydrogen (secondary N) is 1. The Hall–Kier alpha value is -2.42. The lowest BCUT2D eigenvalue weighted by molar-refractivity contribution is -0.384. The lowest BCUT2D eigenvalue weighted by atomic mass is 10.2. The number of nitro benzene ring substituents is 1. The molecule has 8 nitrogen and oxygen atoms in total. The van der Waals surface area contributed by atoms with E-state index in [0.717, 1.165) is 11.8 Å². The van der Waals surface area contributed by atoms with E-state index in [2.05, 4.69) is 10.3 Å². The molecule has 104 valence electrons. The minimum Gasteiger partial charge on any atom is -0.378 e. The number of thioether (sulfide) groups is 1. The SMILES string of the molecule is NC1=NC(=O)C[C@H](C(=O)Nc2cccc([N+](=O)[O-])c2)S1. The van der Waals surface area contributed by atoms with Gasteiger partial charge in [-0.2, -0.15) is 4.99 Å². The van der Waals surface area contributed by atoms with Crippen molar-refractivity contribution in [2.45, 2.75) is 11.7 Å². The molecule has 1 aliphatic heterocycles. The summed E-state index contributed by atoms with van der Waals surface area (Å²) >= 11 is 0.989. The van der Waals surface area contributed by atoms with Crippen LogP contribution in [0.5, 0.6) is 0 Å². The molecular weight excluding hydrogens is 284 g/mol. The molecule has 0 unspecified atom stereocenters. The van der Waals surface area contributed by atoms with Gasteiger partial charge in [-0.05, 0) is 6.07 Å². The number of carbonyl (C=O) groups excluding carboxylic acids is 2. The molecule has 0 aliphatic carbocycles.